The van der Waals surface area contributed by atoms with Crippen LogP contribution in [-0.2, 0) is 0 Å². The zero-order valence-corrected chi connectivity index (χ0v) is 13.8. The molecule has 0 saturated heterocycles. The third kappa shape index (κ3) is 1.74. The molecule has 3 heteroatoms. The fourth-order valence-electron chi connectivity index (χ4n) is 3.85. The number of rotatable bonds is 1. The Hall–Kier alpha value is -3.59. The summed E-state index contributed by atoms with van der Waals surface area (Å²) in [5, 5.41) is 4.43. The molecule has 3 heterocycles. The minimum absolute atomic E-state index is 0.872. The van der Waals surface area contributed by atoms with Crippen LogP contribution in [0.15, 0.2) is 88.0 Å². The molecule has 0 spiro atoms. The normalized spacial score (nSPS) is 11.8. The number of hydrogen-bond donors (Lipinski definition) is 0. The summed E-state index contributed by atoms with van der Waals surface area (Å²) in [7, 11) is 0. The van der Waals surface area contributed by atoms with E-state index in [1.165, 1.54) is 0 Å². The van der Waals surface area contributed by atoms with Gasteiger partial charge in [-0.1, -0.05) is 36.4 Å². The number of para-hydroxylation sites is 2. The standard InChI is InChI=1S/C23H13NO2/c1-3-7-18-15(5-1)21-20(25-18)13-17(14-9-11-24-12-10-14)23-22(21)16-6-2-4-8-19(16)26-23/h1-13H. The van der Waals surface area contributed by atoms with Crippen LogP contribution in [0.5, 0.6) is 0 Å². The van der Waals surface area contributed by atoms with Gasteiger partial charge in [0.05, 0.1) is 0 Å². The van der Waals surface area contributed by atoms with Gasteiger partial charge in [0.15, 0.2) is 0 Å². The minimum Gasteiger partial charge on any atom is -0.456 e. The van der Waals surface area contributed by atoms with Gasteiger partial charge >= 0.3 is 0 Å². The second-order valence-electron chi connectivity index (χ2n) is 6.43. The molecule has 0 saturated carbocycles. The number of pyridine rings is 1. The fraction of sp³-hybridized carbons (Fsp3) is 0. The molecule has 3 aromatic heterocycles. The molecule has 3 nitrogen and oxygen atoms in total. The maximum absolute atomic E-state index is 6.30. The van der Waals surface area contributed by atoms with Gasteiger partial charge in [-0.05, 0) is 35.9 Å². The largest absolute Gasteiger partial charge is 0.456 e. The van der Waals surface area contributed by atoms with Gasteiger partial charge in [0.25, 0.3) is 0 Å². The Labute approximate surface area is 148 Å². The third-order valence-electron chi connectivity index (χ3n) is 4.98. The van der Waals surface area contributed by atoms with Crippen LogP contribution in [0.2, 0.25) is 0 Å². The highest BCUT2D eigenvalue weighted by Crippen LogP contribution is 2.44. The molecule has 0 aliphatic carbocycles. The topological polar surface area (TPSA) is 39.2 Å². The summed E-state index contributed by atoms with van der Waals surface area (Å²) in [6.45, 7) is 0. The molecule has 0 fully saturated rings. The Kier molecular flexibility index (Phi) is 2.61. The molecule has 6 rings (SSSR count). The van der Waals surface area contributed by atoms with Crippen molar-refractivity contribution in [3.05, 3.63) is 79.1 Å². The van der Waals surface area contributed by atoms with Gasteiger partial charge < -0.3 is 8.83 Å². The van der Waals surface area contributed by atoms with Crippen molar-refractivity contribution in [2.45, 2.75) is 0 Å². The van der Waals surface area contributed by atoms with Gasteiger partial charge in [0.1, 0.15) is 22.3 Å². The van der Waals surface area contributed by atoms with Gasteiger partial charge in [-0.3, -0.25) is 4.98 Å². The Balaban J connectivity index is 1.92. The van der Waals surface area contributed by atoms with Crippen molar-refractivity contribution < 1.29 is 8.83 Å². The van der Waals surface area contributed by atoms with Crippen molar-refractivity contribution in [2.24, 2.45) is 0 Å². The molecular weight excluding hydrogens is 322 g/mol. The van der Waals surface area contributed by atoms with E-state index in [0.29, 0.717) is 0 Å². The third-order valence-corrected chi connectivity index (χ3v) is 4.98. The molecular formula is C23H13NO2. The first kappa shape index (κ1) is 13.7. The summed E-state index contributed by atoms with van der Waals surface area (Å²) in [5.74, 6) is 0. The van der Waals surface area contributed by atoms with Gasteiger partial charge in [0, 0.05) is 39.5 Å². The van der Waals surface area contributed by atoms with E-state index >= 15 is 0 Å². The van der Waals surface area contributed by atoms with E-state index in [1.54, 1.807) is 12.4 Å². The van der Waals surface area contributed by atoms with E-state index in [1.807, 2.05) is 48.5 Å². The Morgan fingerprint density at radius 2 is 1.27 bits per heavy atom. The van der Waals surface area contributed by atoms with Gasteiger partial charge in [0.2, 0.25) is 0 Å². The predicted octanol–water partition coefficient (Wildman–Crippen LogP) is 6.55. The summed E-state index contributed by atoms with van der Waals surface area (Å²) < 4.78 is 12.5. The van der Waals surface area contributed by atoms with E-state index in [9.17, 15) is 0 Å². The molecule has 0 aliphatic heterocycles. The van der Waals surface area contributed by atoms with Crippen molar-refractivity contribution in [1.29, 1.82) is 0 Å². The van der Waals surface area contributed by atoms with Crippen LogP contribution in [-0.4, -0.2) is 4.98 Å². The smallest absolute Gasteiger partial charge is 0.144 e. The van der Waals surface area contributed by atoms with Crippen LogP contribution < -0.4 is 0 Å². The first-order valence-electron chi connectivity index (χ1n) is 8.56. The number of nitrogens with zero attached hydrogens (tertiary/aromatic N) is 1. The molecule has 122 valence electrons. The molecule has 0 amide bonds. The Morgan fingerprint density at radius 3 is 2.04 bits per heavy atom. The maximum Gasteiger partial charge on any atom is 0.144 e. The van der Waals surface area contributed by atoms with E-state index in [-0.39, 0.29) is 0 Å². The van der Waals surface area contributed by atoms with Crippen molar-refractivity contribution in [2.75, 3.05) is 0 Å². The van der Waals surface area contributed by atoms with Crippen LogP contribution in [0.25, 0.3) is 55.0 Å². The highest BCUT2D eigenvalue weighted by molar-refractivity contribution is 6.28. The van der Waals surface area contributed by atoms with E-state index < -0.39 is 0 Å². The van der Waals surface area contributed by atoms with Gasteiger partial charge in [-0.15, -0.1) is 0 Å². The number of fused-ring (bicyclic) bond motifs is 7. The van der Waals surface area contributed by atoms with Crippen LogP contribution in [0, 0.1) is 0 Å². The van der Waals surface area contributed by atoms with Crippen LogP contribution >= 0.6 is 0 Å². The second-order valence-corrected chi connectivity index (χ2v) is 6.43. The zero-order valence-electron chi connectivity index (χ0n) is 13.8. The monoisotopic (exact) mass is 335 g/mol. The van der Waals surface area contributed by atoms with Crippen molar-refractivity contribution in [1.82, 2.24) is 4.98 Å². The molecule has 0 aliphatic rings. The maximum atomic E-state index is 6.30. The van der Waals surface area contributed by atoms with Gasteiger partial charge in [-0.2, -0.15) is 0 Å². The molecule has 0 N–H and O–H groups in total. The minimum atomic E-state index is 0.872. The average molecular weight is 335 g/mol. The quantitative estimate of drug-likeness (QED) is 0.342. The predicted molar refractivity (Wildman–Crippen MR) is 104 cm³/mol. The lowest BCUT2D eigenvalue weighted by molar-refractivity contribution is 0.664. The molecule has 0 atom stereocenters. The fourth-order valence-corrected chi connectivity index (χ4v) is 3.85. The molecule has 3 aromatic carbocycles. The van der Waals surface area contributed by atoms with Crippen molar-refractivity contribution in [3.8, 4) is 11.1 Å². The zero-order chi connectivity index (χ0) is 17.1. The Bertz CT molecular complexity index is 1420. The number of aromatic nitrogens is 1. The van der Waals surface area contributed by atoms with E-state index in [2.05, 4.69) is 23.2 Å². The molecule has 6 aromatic rings. The first-order valence-corrected chi connectivity index (χ1v) is 8.56. The van der Waals surface area contributed by atoms with Crippen molar-refractivity contribution >= 4 is 43.9 Å². The van der Waals surface area contributed by atoms with Crippen LogP contribution in [0.1, 0.15) is 0 Å². The van der Waals surface area contributed by atoms with E-state index in [4.69, 9.17) is 8.83 Å². The molecule has 26 heavy (non-hydrogen) atoms. The van der Waals surface area contributed by atoms with E-state index in [0.717, 1.165) is 55.0 Å². The summed E-state index contributed by atoms with van der Waals surface area (Å²) in [6, 6.07) is 22.4. The lowest BCUT2D eigenvalue weighted by Gasteiger charge is -2.03. The van der Waals surface area contributed by atoms with Crippen molar-refractivity contribution in [3.63, 3.8) is 0 Å². The lowest BCUT2D eigenvalue weighted by Crippen LogP contribution is -1.81. The van der Waals surface area contributed by atoms with Gasteiger partial charge in [-0.25, -0.2) is 0 Å². The summed E-state index contributed by atoms with van der Waals surface area (Å²) in [4.78, 5) is 4.14. The number of benzene rings is 3. The first-order chi connectivity index (χ1) is 12.9. The SMILES string of the molecule is c1ccc2c(c1)oc1cc(-c3ccncc3)c3oc4ccccc4c3c12. The summed E-state index contributed by atoms with van der Waals surface area (Å²) in [5.41, 5.74) is 5.61. The number of hydrogen-bond acceptors (Lipinski definition) is 3. The van der Waals surface area contributed by atoms with Crippen LogP contribution in [0.4, 0.5) is 0 Å². The van der Waals surface area contributed by atoms with Crippen LogP contribution in [0.3, 0.4) is 0 Å². The average Bonchev–Trinajstić information content (AvgIpc) is 3.26. The lowest BCUT2D eigenvalue weighted by atomic mass is 9.99. The summed E-state index contributed by atoms with van der Waals surface area (Å²) >= 11 is 0. The highest BCUT2D eigenvalue weighted by atomic mass is 16.3. The Morgan fingerprint density at radius 1 is 0.615 bits per heavy atom. The molecule has 0 unspecified atom stereocenters. The highest BCUT2D eigenvalue weighted by Gasteiger charge is 2.20. The molecule has 0 bridgehead atoms. The summed E-state index contributed by atoms with van der Waals surface area (Å²) in [6.07, 6.45) is 3.60. The number of furan rings is 2. The second kappa shape index (κ2) is 4.96. The molecule has 0 radical (unpaired) electrons.